The lowest BCUT2D eigenvalue weighted by Crippen LogP contribution is -2.19. The number of nitrogens with one attached hydrogen (secondary N) is 1. The van der Waals surface area contributed by atoms with E-state index in [0.717, 1.165) is 4.90 Å². The maximum atomic E-state index is 11.8. The molecule has 1 N–H and O–H groups in total. The van der Waals surface area contributed by atoms with Crippen molar-refractivity contribution in [2.24, 2.45) is 5.10 Å². The molecule has 25 heavy (non-hydrogen) atoms. The van der Waals surface area contributed by atoms with Crippen LogP contribution < -0.4 is 14.9 Å². The minimum Gasteiger partial charge on any atom is -0.493 e. The number of ether oxygens (including phenoxy) is 2. The van der Waals surface area contributed by atoms with E-state index in [1.54, 1.807) is 24.3 Å². The smallest absolute Gasteiger partial charge is 0.250 e. The first-order valence-electron chi connectivity index (χ1n) is 7.15. The van der Waals surface area contributed by atoms with Crippen molar-refractivity contribution < 1.29 is 14.3 Å². The van der Waals surface area contributed by atoms with Gasteiger partial charge in [-0.3, -0.25) is 4.79 Å². The molecule has 2 rings (SSSR count). The second-order valence-electron chi connectivity index (χ2n) is 4.77. The number of amides is 1. The summed E-state index contributed by atoms with van der Waals surface area (Å²) in [7, 11) is 3.03. The number of nitrogens with zero attached hydrogens (tertiary/aromatic N) is 1. The molecule has 0 radical (unpaired) electrons. The lowest BCUT2D eigenvalue weighted by Gasteiger charge is -2.09. The quantitative estimate of drug-likeness (QED) is 0.430. The first-order valence-corrected chi connectivity index (χ1v) is 8.89. The third-order valence-corrected chi connectivity index (χ3v) is 4.59. The van der Waals surface area contributed by atoms with Crippen molar-refractivity contribution in [3.05, 3.63) is 52.0 Å². The van der Waals surface area contributed by atoms with Crippen LogP contribution in [-0.4, -0.2) is 32.1 Å². The van der Waals surface area contributed by atoms with E-state index in [1.807, 2.05) is 12.1 Å². The predicted octanol–water partition coefficient (Wildman–Crippen LogP) is 4.25. The Kier molecular flexibility index (Phi) is 7.43. The van der Waals surface area contributed by atoms with E-state index >= 15 is 0 Å². The normalized spacial score (nSPS) is 10.7. The van der Waals surface area contributed by atoms with Crippen LogP contribution in [0.2, 0.25) is 10.0 Å². The Morgan fingerprint density at radius 3 is 2.56 bits per heavy atom. The van der Waals surface area contributed by atoms with Gasteiger partial charge < -0.3 is 9.47 Å². The molecule has 132 valence electrons. The SMILES string of the molecule is COc1cc(/C=N\NC(=O)CSc2ccc(Cl)cc2)cc(Cl)c1OC. The number of hydrogen-bond donors (Lipinski definition) is 1. The monoisotopic (exact) mass is 398 g/mol. The van der Waals surface area contributed by atoms with Crippen LogP contribution in [-0.2, 0) is 4.79 Å². The van der Waals surface area contributed by atoms with Crippen LogP contribution in [0.5, 0.6) is 11.5 Å². The van der Waals surface area contributed by atoms with E-state index in [9.17, 15) is 4.79 Å². The zero-order valence-corrected chi connectivity index (χ0v) is 15.9. The average molecular weight is 399 g/mol. The fourth-order valence-electron chi connectivity index (χ4n) is 1.90. The van der Waals surface area contributed by atoms with Gasteiger partial charge in [0.1, 0.15) is 0 Å². The van der Waals surface area contributed by atoms with Gasteiger partial charge in [-0.25, -0.2) is 5.43 Å². The average Bonchev–Trinajstić information content (AvgIpc) is 2.60. The summed E-state index contributed by atoms with van der Waals surface area (Å²) in [6, 6.07) is 10.6. The molecule has 2 aromatic carbocycles. The van der Waals surface area contributed by atoms with Gasteiger partial charge in [0.25, 0.3) is 0 Å². The maximum Gasteiger partial charge on any atom is 0.250 e. The minimum atomic E-state index is -0.220. The summed E-state index contributed by atoms with van der Waals surface area (Å²) in [5.74, 6) is 0.958. The molecule has 5 nitrogen and oxygen atoms in total. The molecule has 1 amide bonds. The highest BCUT2D eigenvalue weighted by Gasteiger charge is 2.10. The Morgan fingerprint density at radius 1 is 1.20 bits per heavy atom. The summed E-state index contributed by atoms with van der Waals surface area (Å²) >= 11 is 13.3. The topological polar surface area (TPSA) is 59.9 Å². The predicted molar refractivity (Wildman–Crippen MR) is 102 cm³/mol. The summed E-state index contributed by atoms with van der Waals surface area (Å²) in [5.41, 5.74) is 3.14. The fourth-order valence-corrected chi connectivity index (χ4v) is 3.02. The highest BCUT2D eigenvalue weighted by atomic mass is 35.5. The summed E-state index contributed by atoms with van der Waals surface area (Å²) in [6.07, 6.45) is 1.48. The van der Waals surface area contributed by atoms with Gasteiger partial charge in [-0.1, -0.05) is 23.2 Å². The van der Waals surface area contributed by atoms with Crippen LogP contribution in [0.25, 0.3) is 0 Å². The van der Waals surface area contributed by atoms with Crippen LogP contribution in [0.3, 0.4) is 0 Å². The Morgan fingerprint density at radius 2 is 1.92 bits per heavy atom. The lowest BCUT2D eigenvalue weighted by molar-refractivity contribution is -0.118. The summed E-state index contributed by atoms with van der Waals surface area (Å²) in [4.78, 5) is 12.8. The second kappa shape index (κ2) is 9.56. The van der Waals surface area contributed by atoms with E-state index in [2.05, 4.69) is 10.5 Å². The molecule has 0 aliphatic carbocycles. The van der Waals surface area contributed by atoms with E-state index in [1.165, 1.54) is 32.2 Å². The molecular weight excluding hydrogens is 383 g/mol. The molecule has 0 fully saturated rings. The molecular formula is C17H16Cl2N2O3S. The van der Waals surface area contributed by atoms with Gasteiger partial charge in [0.05, 0.1) is 31.2 Å². The number of hydrazone groups is 1. The van der Waals surface area contributed by atoms with Crippen LogP contribution in [0.1, 0.15) is 5.56 Å². The molecule has 0 aliphatic rings. The first-order chi connectivity index (χ1) is 12.0. The molecule has 2 aromatic rings. The number of hydrogen-bond acceptors (Lipinski definition) is 5. The van der Waals surface area contributed by atoms with Gasteiger partial charge in [-0.05, 0) is 42.0 Å². The fraction of sp³-hybridized carbons (Fsp3) is 0.176. The second-order valence-corrected chi connectivity index (χ2v) is 6.67. The van der Waals surface area contributed by atoms with Crippen molar-refractivity contribution in [1.82, 2.24) is 5.43 Å². The molecule has 0 bridgehead atoms. The molecule has 0 atom stereocenters. The molecule has 8 heteroatoms. The van der Waals surface area contributed by atoms with E-state index < -0.39 is 0 Å². The number of halogens is 2. The van der Waals surface area contributed by atoms with Gasteiger partial charge in [0.2, 0.25) is 5.91 Å². The first kappa shape index (κ1) is 19.4. The van der Waals surface area contributed by atoms with Crippen LogP contribution >= 0.6 is 35.0 Å². The molecule has 0 saturated carbocycles. The molecule has 0 heterocycles. The Hall–Kier alpha value is -1.89. The largest absolute Gasteiger partial charge is 0.493 e. The third kappa shape index (κ3) is 5.85. The molecule has 0 saturated heterocycles. The lowest BCUT2D eigenvalue weighted by atomic mass is 10.2. The zero-order valence-electron chi connectivity index (χ0n) is 13.6. The number of benzene rings is 2. The van der Waals surface area contributed by atoms with Gasteiger partial charge in [-0.2, -0.15) is 5.10 Å². The highest BCUT2D eigenvalue weighted by molar-refractivity contribution is 8.00. The van der Waals surface area contributed by atoms with E-state index in [0.29, 0.717) is 27.1 Å². The van der Waals surface area contributed by atoms with Crippen molar-refractivity contribution in [3.63, 3.8) is 0 Å². The summed E-state index contributed by atoms with van der Waals surface area (Å²) in [6.45, 7) is 0. The van der Waals surface area contributed by atoms with E-state index in [-0.39, 0.29) is 11.7 Å². The highest BCUT2D eigenvalue weighted by Crippen LogP contribution is 2.35. The molecule has 0 aliphatic heterocycles. The van der Waals surface area contributed by atoms with Crippen LogP contribution in [0, 0.1) is 0 Å². The van der Waals surface area contributed by atoms with Crippen molar-refractivity contribution in [2.45, 2.75) is 4.90 Å². The molecule has 0 spiro atoms. The number of methoxy groups -OCH3 is 2. The van der Waals surface area contributed by atoms with Crippen molar-refractivity contribution in [3.8, 4) is 11.5 Å². The Balaban J connectivity index is 1.90. The summed E-state index contributed by atoms with van der Waals surface area (Å²) < 4.78 is 10.4. The summed E-state index contributed by atoms with van der Waals surface area (Å²) in [5, 5.41) is 4.98. The molecule has 0 aromatic heterocycles. The van der Waals surface area contributed by atoms with Gasteiger partial charge in [0.15, 0.2) is 11.5 Å². The standard InChI is InChI=1S/C17H16Cl2N2O3S/c1-23-15-8-11(7-14(19)17(15)24-2)9-20-21-16(22)10-25-13-5-3-12(18)4-6-13/h3-9H,10H2,1-2H3,(H,21,22)/b20-9-. The maximum absolute atomic E-state index is 11.8. The Labute approximate surface area is 160 Å². The van der Waals surface area contributed by atoms with Crippen molar-refractivity contribution in [2.75, 3.05) is 20.0 Å². The molecule has 0 unspecified atom stereocenters. The van der Waals surface area contributed by atoms with Gasteiger partial charge in [0, 0.05) is 9.92 Å². The Bertz CT molecular complexity index is 767. The third-order valence-electron chi connectivity index (χ3n) is 3.04. The number of carbonyl (C=O) groups is 1. The van der Waals surface area contributed by atoms with Crippen LogP contribution in [0.4, 0.5) is 0 Å². The zero-order chi connectivity index (χ0) is 18.2. The van der Waals surface area contributed by atoms with Crippen LogP contribution in [0.15, 0.2) is 46.4 Å². The number of carbonyl (C=O) groups excluding carboxylic acids is 1. The minimum absolute atomic E-state index is 0.220. The number of thioether (sulfide) groups is 1. The van der Waals surface area contributed by atoms with Crippen molar-refractivity contribution in [1.29, 1.82) is 0 Å². The van der Waals surface area contributed by atoms with Gasteiger partial charge in [-0.15, -0.1) is 11.8 Å². The van der Waals surface area contributed by atoms with Gasteiger partial charge >= 0.3 is 0 Å². The van der Waals surface area contributed by atoms with E-state index in [4.69, 9.17) is 32.7 Å². The van der Waals surface area contributed by atoms with Crippen molar-refractivity contribution >= 4 is 47.1 Å². The number of rotatable bonds is 7.